The molecule has 2 aromatic carbocycles. The molecule has 4 rings (SSSR count). The average Bonchev–Trinajstić information content (AvgIpc) is 3.11. The van der Waals surface area contributed by atoms with E-state index in [1.165, 1.54) is 4.90 Å². The van der Waals surface area contributed by atoms with Gasteiger partial charge in [0.15, 0.2) is 0 Å². The predicted octanol–water partition coefficient (Wildman–Crippen LogP) is 2.24. The molecule has 1 atom stereocenters. The second-order valence-electron chi connectivity index (χ2n) is 8.02. The molecule has 0 aromatic heterocycles. The molecule has 2 aliphatic rings. The lowest BCUT2D eigenvalue weighted by atomic mass is 10.1. The second-order valence-corrected chi connectivity index (χ2v) is 8.02. The molecule has 0 radical (unpaired) electrons. The number of rotatable bonds is 7. The zero-order chi connectivity index (χ0) is 22.5. The second kappa shape index (κ2) is 9.72. The molecule has 1 N–H and O–H groups in total. The minimum Gasteiger partial charge on any atom is -0.497 e. The lowest BCUT2D eigenvalue weighted by molar-refractivity contribution is -0.132. The number of hydrogen-bond donors (Lipinski definition) is 1. The monoisotopic (exact) mass is 436 g/mol. The number of hydrogen-bond acceptors (Lipinski definition) is 5. The number of anilines is 1. The normalized spacial score (nSPS) is 18.7. The standard InChI is InChI=1S/C24H28N4O4/c1-32-20-9-7-18(8-10-20)17-28-23(30)21(25-24(28)31)11-12-22(29)27-15-13-26(14-16-27)19-5-3-2-4-6-19/h2-10,21H,11-17H2,1H3,(H,25,31). The molecule has 0 spiro atoms. The number of ether oxygens (including phenoxy) is 1. The van der Waals surface area contributed by atoms with Crippen molar-refractivity contribution in [2.45, 2.75) is 25.4 Å². The van der Waals surface area contributed by atoms with Gasteiger partial charge >= 0.3 is 6.03 Å². The van der Waals surface area contributed by atoms with Gasteiger partial charge in [-0.15, -0.1) is 0 Å². The van der Waals surface area contributed by atoms with E-state index in [-0.39, 0.29) is 24.8 Å². The third-order valence-corrected chi connectivity index (χ3v) is 6.01. The number of para-hydroxylation sites is 1. The van der Waals surface area contributed by atoms with E-state index in [0.29, 0.717) is 25.3 Å². The molecule has 2 fully saturated rings. The van der Waals surface area contributed by atoms with Crippen molar-refractivity contribution in [3.8, 4) is 5.75 Å². The molecule has 32 heavy (non-hydrogen) atoms. The number of piperazine rings is 1. The first-order valence-electron chi connectivity index (χ1n) is 10.9. The first kappa shape index (κ1) is 21.7. The zero-order valence-electron chi connectivity index (χ0n) is 18.2. The Morgan fingerprint density at radius 2 is 1.69 bits per heavy atom. The molecular formula is C24H28N4O4. The topological polar surface area (TPSA) is 82.2 Å². The molecule has 0 saturated carbocycles. The van der Waals surface area contributed by atoms with Crippen molar-refractivity contribution in [3.05, 3.63) is 60.2 Å². The van der Waals surface area contributed by atoms with Crippen LogP contribution in [0.5, 0.6) is 5.75 Å². The largest absolute Gasteiger partial charge is 0.497 e. The van der Waals surface area contributed by atoms with Crippen molar-refractivity contribution in [1.29, 1.82) is 0 Å². The molecule has 168 valence electrons. The van der Waals surface area contributed by atoms with Crippen molar-refractivity contribution >= 4 is 23.5 Å². The molecule has 2 heterocycles. The molecule has 8 nitrogen and oxygen atoms in total. The summed E-state index contributed by atoms with van der Waals surface area (Å²) in [7, 11) is 1.58. The molecule has 0 bridgehead atoms. The summed E-state index contributed by atoms with van der Waals surface area (Å²) in [6, 6.07) is 16.3. The van der Waals surface area contributed by atoms with Crippen LogP contribution in [0.4, 0.5) is 10.5 Å². The van der Waals surface area contributed by atoms with Gasteiger partial charge in [-0.1, -0.05) is 30.3 Å². The lowest BCUT2D eigenvalue weighted by Crippen LogP contribution is -2.49. The van der Waals surface area contributed by atoms with E-state index < -0.39 is 12.1 Å². The first-order chi connectivity index (χ1) is 15.5. The van der Waals surface area contributed by atoms with Crippen molar-refractivity contribution in [2.24, 2.45) is 0 Å². The number of nitrogens with one attached hydrogen (secondary N) is 1. The van der Waals surface area contributed by atoms with E-state index >= 15 is 0 Å². The molecular weight excluding hydrogens is 408 g/mol. The summed E-state index contributed by atoms with van der Waals surface area (Å²) in [6.07, 6.45) is 0.541. The molecule has 8 heteroatoms. The van der Waals surface area contributed by atoms with Crippen LogP contribution < -0.4 is 15.0 Å². The zero-order valence-corrected chi connectivity index (χ0v) is 18.2. The third-order valence-electron chi connectivity index (χ3n) is 6.01. The average molecular weight is 437 g/mol. The van der Waals surface area contributed by atoms with Crippen LogP contribution in [0.25, 0.3) is 0 Å². The molecule has 2 aromatic rings. The van der Waals surface area contributed by atoms with Crippen LogP contribution in [0, 0.1) is 0 Å². The highest BCUT2D eigenvalue weighted by Gasteiger charge is 2.38. The Morgan fingerprint density at radius 3 is 2.34 bits per heavy atom. The summed E-state index contributed by atoms with van der Waals surface area (Å²) in [5.74, 6) is 0.452. The van der Waals surface area contributed by atoms with Crippen molar-refractivity contribution < 1.29 is 19.1 Å². The Morgan fingerprint density at radius 1 is 1.00 bits per heavy atom. The molecule has 2 saturated heterocycles. The minimum atomic E-state index is -0.657. The van der Waals surface area contributed by atoms with Crippen molar-refractivity contribution in [2.75, 3.05) is 38.2 Å². The van der Waals surface area contributed by atoms with E-state index in [1.807, 2.05) is 35.2 Å². The SMILES string of the molecule is COc1ccc(CN2C(=O)NC(CCC(=O)N3CCN(c4ccccc4)CC3)C2=O)cc1. The quantitative estimate of drug-likeness (QED) is 0.674. The van der Waals surface area contributed by atoms with Gasteiger partial charge in [-0.05, 0) is 36.2 Å². The van der Waals surface area contributed by atoms with Gasteiger partial charge in [-0.3, -0.25) is 14.5 Å². The van der Waals surface area contributed by atoms with Crippen LogP contribution >= 0.6 is 0 Å². The Hall–Kier alpha value is -3.55. The van der Waals surface area contributed by atoms with Crippen LogP contribution in [0.15, 0.2) is 54.6 Å². The van der Waals surface area contributed by atoms with E-state index in [9.17, 15) is 14.4 Å². The van der Waals surface area contributed by atoms with E-state index in [2.05, 4.69) is 22.3 Å². The molecule has 1 unspecified atom stereocenters. The number of nitrogens with zero attached hydrogens (tertiary/aromatic N) is 3. The minimum absolute atomic E-state index is 0.0216. The Bertz CT molecular complexity index is 956. The van der Waals surface area contributed by atoms with Crippen molar-refractivity contribution in [3.63, 3.8) is 0 Å². The number of benzene rings is 2. The number of amides is 4. The van der Waals surface area contributed by atoms with Crippen LogP contribution in [0.2, 0.25) is 0 Å². The highest BCUT2D eigenvalue weighted by atomic mass is 16.5. The van der Waals surface area contributed by atoms with Gasteiger partial charge in [0, 0.05) is 38.3 Å². The molecule has 2 aliphatic heterocycles. The maximum atomic E-state index is 12.7. The van der Waals surface area contributed by atoms with E-state index in [4.69, 9.17) is 4.74 Å². The van der Waals surface area contributed by atoms with Gasteiger partial charge in [0.2, 0.25) is 5.91 Å². The number of imide groups is 1. The summed E-state index contributed by atoms with van der Waals surface area (Å²) in [5, 5.41) is 2.72. The Kier molecular flexibility index (Phi) is 6.58. The smallest absolute Gasteiger partial charge is 0.325 e. The third kappa shape index (κ3) is 4.85. The van der Waals surface area contributed by atoms with Gasteiger partial charge in [0.25, 0.3) is 5.91 Å². The van der Waals surface area contributed by atoms with Crippen LogP contribution in [0.3, 0.4) is 0 Å². The predicted molar refractivity (Wildman–Crippen MR) is 120 cm³/mol. The Balaban J connectivity index is 1.25. The fraction of sp³-hybridized carbons (Fsp3) is 0.375. The van der Waals surface area contributed by atoms with Crippen molar-refractivity contribution in [1.82, 2.24) is 15.1 Å². The number of carbonyl (C=O) groups excluding carboxylic acids is 3. The number of urea groups is 1. The van der Waals surface area contributed by atoms with E-state index in [1.54, 1.807) is 19.2 Å². The fourth-order valence-electron chi connectivity index (χ4n) is 4.11. The maximum absolute atomic E-state index is 12.7. The number of methoxy groups -OCH3 is 1. The van der Waals surface area contributed by atoms with Gasteiger partial charge in [-0.25, -0.2) is 4.79 Å². The van der Waals surface area contributed by atoms with E-state index in [0.717, 1.165) is 24.3 Å². The lowest BCUT2D eigenvalue weighted by Gasteiger charge is -2.36. The van der Waals surface area contributed by atoms with Gasteiger partial charge in [0.1, 0.15) is 11.8 Å². The first-order valence-corrected chi connectivity index (χ1v) is 10.9. The molecule has 0 aliphatic carbocycles. The van der Waals surface area contributed by atoms with Crippen LogP contribution in [-0.4, -0.2) is 67.0 Å². The summed E-state index contributed by atoms with van der Waals surface area (Å²) in [5.41, 5.74) is 2.00. The highest BCUT2D eigenvalue weighted by molar-refractivity contribution is 6.04. The van der Waals surface area contributed by atoms with Crippen LogP contribution in [-0.2, 0) is 16.1 Å². The summed E-state index contributed by atoms with van der Waals surface area (Å²) in [6.45, 7) is 3.07. The van der Waals surface area contributed by atoms with Gasteiger partial charge < -0.3 is 19.9 Å². The van der Waals surface area contributed by atoms with Gasteiger partial charge in [0.05, 0.1) is 13.7 Å². The van der Waals surface area contributed by atoms with Crippen LogP contribution in [0.1, 0.15) is 18.4 Å². The highest BCUT2D eigenvalue weighted by Crippen LogP contribution is 2.19. The fourth-order valence-corrected chi connectivity index (χ4v) is 4.11. The number of carbonyl (C=O) groups is 3. The van der Waals surface area contributed by atoms with Gasteiger partial charge in [-0.2, -0.15) is 0 Å². The summed E-state index contributed by atoms with van der Waals surface area (Å²) in [4.78, 5) is 43.0. The Labute approximate surface area is 187 Å². The summed E-state index contributed by atoms with van der Waals surface area (Å²) < 4.78 is 5.13. The molecule has 4 amide bonds. The maximum Gasteiger partial charge on any atom is 0.325 e. The summed E-state index contributed by atoms with van der Waals surface area (Å²) >= 11 is 0.